The van der Waals surface area contributed by atoms with Gasteiger partial charge in [-0.2, -0.15) is 0 Å². The fourth-order valence-electron chi connectivity index (χ4n) is 4.72. The lowest BCUT2D eigenvalue weighted by atomic mass is 10.1. The average Bonchev–Trinajstić information content (AvgIpc) is 3.35. The third kappa shape index (κ3) is 7.46. The van der Waals surface area contributed by atoms with E-state index in [0.717, 1.165) is 67.9 Å². The van der Waals surface area contributed by atoms with Crippen LogP contribution in [0.5, 0.6) is 23.0 Å². The van der Waals surface area contributed by atoms with Crippen molar-refractivity contribution in [2.24, 2.45) is 0 Å². The molecule has 1 amide bonds. The van der Waals surface area contributed by atoms with Crippen LogP contribution in [-0.2, 0) is 13.0 Å². The number of rotatable bonds is 16. The molecule has 0 saturated heterocycles. The lowest BCUT2D eigenvalue weighted by Gasteiger charge is -2.12. The topological polar surface area (TPSA) is 83.8 Å². The number of para-hydroxylation sites is 4. The van der Waals surface area contributed by atoms with Gasteiger partial charge >= 0.3 is 0 Å². The fraction of sp³-hybridized carbons (Fsp3) is 0.375. The van der Waals surface area contributed by atoms with E-state index in [1.807, 2.05) is 30.3 Å². The van der Waals surface area contributed by atoms with Gasteiger partial charge in [0.2, 0.25) is 0 Å². The van der Waals surface area contributed by atoms with Gasteiger partial charge in [-0.05, 0) is 68.1 Å². The maximum atomic E-state index is 12.5. The maximum Gasteiger partial charge on any atom is 0.251 e. The molecule has 0 aliphatic rings. The number of amides is 1. The van der Waals surface area contributed by atoms with Gasteiger partial charge in [0.15, 0.2) is 23.0 Å². The summed E-state index contributed by atoms with van der Waals surface area (Å²) in [6.45, 7) is 2.15. The Morgan fingerprint density at radius 3 is 2.30 bits per heavy atom. The van der Waals surface area contributed by atoms with Crippen LogP contribution in [0.4, 0.5) is 0 Å². The predicted molar refractivity (Wildman–Crippen MR) is 157 cm³/mol. The summed E-state index contributed by atoms with van der Waals surface area (Å²) in [5.41, 5.74) is 2.76. The van der Waals surface area contributed by atoms with Crippen LogP contribution in [-0.4, -0.2) is 49.9 Å². The van der Waals surface area contributed by atoms with Gasteiger partial charge in [-0.3, -0.25) is 4.79 Å². The zero-order chi connectivity index (χ0) is 28.2. The van der Waals surface area contributed by atoms with Gasteiger partial charge in [-0.15, -0.1) is 0 Å². The Kier molecular flexibility index (Phi) is 10.7. The van der Waals surface area contributed by atoms with Crippen LogP contribution in [0.3, 0.4) is 0 Å². The zero-order valence-corrected chi connectivity index (χ0v) is 23.7. The molecule has 0 atom stereocenters. The van der Waals surface area contributed by atoms with Crippen LogP contribution in [0.25, 0.3) is 11.0 Å². The van der Waals surface area contributed by atoms with Gasteiger partial charge in [0.25, 0.3) is 5.91 Å². The molecule has 0 aliphatic heterocycles. The summed E-state index contributed by atoms with van der Waals surface area (Å²) < 4.78 is 24.2. The number of nitrogens with zero attached hydrogens (tertiary/aromatic N) is 2. The smallest absolute Gasteiger partial charge is 0.251 e. The van der Waals surface area contributed by atoms with E-state index in [1.165, 1.54) is 5.52 Å². The van der Waals surface area contributed by atoms with Crippen molar-refractivity contribution in [2.75, 3.05) is 34.5 Å². The molecule has 1 heterocycles. The first kappa shape index (κ1) is 28.8. The summed E-state index contributed by atoms with van der Waals surface area (Å²) in [5, 5.41) is 3.00. The van der Waals surface area contributed by atoms with Gasteiger partial charge in [0.1, 0.15) is 5.82 Å². The minimum atomic E-state index is -0.113. The van der Waals surface area contributed by atoms with E-state index in [9.17, 15) is 4.79 Å². The van der Waals surface area contributed by atoms with Crippen LogP contribution >= 0.6 is 0 Å². The lowest BCUT2D eigenvalue weighted by Crippen LogP contribution is -2.24. The standard InChI is InChI=1S/C32H39N3O5/c1-37-27-15-8-9-16-29(27)40-22-12-11-21-35-26-14-7-6-13-25(26)34-31(35)17-5-4-10-20-33-32(36)24-18-19-28(38-2)30(23-24)39-3/h6-9,13-16,18-19,23H,4-5,10-12,17,20-22H2,1-3H3,(H,33,36). The number of hydrogen-bond donors (Lipinski definition) is 1. The molecule has 8 heteroatoms. The van der Waals surface area contributed by atoms with Crippen molar-refractivity contribution < 1.29 is 23.7 Å². The number of aromatic nitrogens is 2. The summed E-state index contributed by atoms with van der Waals surface area (Å²) in [4.78, 5) is 17.5. The van der Waals surface area contributed by atoms with Gasteiger partial charge in [0.05, 0.1) is 39.0 Å². The van der Waals surface area contributed by atoms with Crippen molar-refractivity contribution >= 4 is 16.9 Å². The molecule has 0 saturated carbocycles. The number of imidazole rings is 1. The molecule has 4 rings (SSSR count). The number of nitrogens with one attached hydrogen (secondary N) is 1. The molecule has 0 bridgehead atoms. The van der Waals surface area contributed by atoms with E-state index in [4.69, 9.17) is 23.9 Å². The molecule has 1 aromatic heterocycles. The molecule has 3 aromatic carbocycles. The van der Waals surface area contributed by atoms with E-state index >= 15 is 0 Å². The highest BCUT2D eigenvalue weighted by atomic mass is 16.5. The van der Waals surface area contributed by atoms with Crippen LogP contribution in [0.2, 0.25) is 0 Å². The number of hydrogen-bond acceptors (Lipinski definition) is 6. The average molecular weight is 546 g/mol. The third-order valence-corrected chi connectivity index (χ3v) is 6.84. The molecule has 0 fully saturated rings. The SMILES string of the molecule is COc1ccc(C(=O)NCCCCCc2nc3ccccc3n2CCCCOc2ccccc2OC)cc1OC. The second kappa shape index (κ2) is 14.8. The van der Waals surface area contributed by atoms with Crippen molar-refractivity contribution in [3.05, 3.63) is 78.1 Å². The van der Waals surface area contributed by atoms with Crippen LogP contribution in [0.15, 0.2) is 66.7 Å². The van der Waals surface area contributed by atoms with E-state index in [-0.39, 0.29) is 5.91 Å². The summed E-state index contributed by atoms with van der Waals surface area (Å²) in [6, 6.07) is 21.2. The largest absolute Gasteiger partial charge is 0.493 e. The number of aryl methyl sites for hydroxylation is 2. The maximum absolute atomic E-state index is 12.5. The number of carbonyl (C=O) groups is 1. The highest BCUT2D eigenvalue weighted by molar-refractivity contribution is 5.94. The molecule has 1 N–H and O–H groups in total. The molecular weight excluding hydrogens is 506 g/mol. The van der Waals surface area contributed by atoms with E-state index < -0.39 is 0 Å². The molecule has 8 nitrogen and oxygen atoms in total. The Bertz CT molecular complexity index is 1380. The molecular formula is C32H39N3O5. The van der Waals surface area contributed by atoms with Crippen molar-refractivity contribution in [3.8, 4) is 23.0 Å². The van der Waals surface area contributed by atoms with E-state index in [1.54, 1.807) is 39.5 Å². The summed E-state index contributed by atoms with van der Waals surface area (Å²) in [6.07, 6.45) is 5.73. The van der Waals surface area contributed by atoms with Gasteiger partial charge in [-0.25, -0.2) is 4.98 Å². The van der Waals surface area contributed by atoms with Crippen molar-refractivity contribution in [1.29, 1.82) is 0 Å². The highest BCUT2D eigenvalue weighted by Crippen LogP contribution is 2.28. The number of carbonyl (C=O) groups excluding carboxylic acids is 1. The minimum Gasteiger partial charge on any atom is -0.493 e. The Morgan fingerprint density at radius 1 is 0.775 bits per heavy atom. The number of ether oxygens (including phenoxy) is 4. The van der Waals surface area contributed by atoms with Crippen LogP contribution in [0, 0.1) is 0 Å². The monoisotopic (exact) mass is 545 g/mol. The van der Waals surface area contributed by atoms with Crippen molar-refractivity contribution in [1.82, 2.24) is 14.9 Å². The number of unbranched alkanes of at least 4 members (excludes halogenated alkanes) is 3. The molecule has 40 heavy (non-hydrogen) atoms. The van der Waals surface area contributed by atoms with Crippen LogP contribution in [0.1, 0.15) is 48.3 Å². The van der Waals surface area contributed by atoms with Gasteiger partial charge in [0, 0.05) is 25.1 Å². The first-order valence-corrected chi connectivity index (χ1v) is 13.8. The highest BCUT2D eigenvalue weighted by Gasteiger charge is 2.12. The minimum absolute atomic E-state index is 0.113. The third-order valence-electron chi connectivity index (χ3n) is 6.84. The van der Waals surface area contributed by atoms with Gasteiger partial charge in [-0.1, -0.05) is 30.7 Å². The quantitative estimate of drug-likeness (QED) is 0.172. The van der Waals surface area contributed by atoms with Crippen molar-refractivity contribution in [3.63, 3.8) is 0 Å². The fourth-order valence-corrected chi connectivity index (χ4v) is 4.72. The molecule has 0 aliphatic carbocycles. The summed E-state index contributed by atoms with van der Waals surface area (Å²) in [7, 11) is 4.79. The van der Waals surface area contributed by atoms with Gasteiger partial charge < -0.3 is 28.8 Å². The number of methoxy groups -OCH3 is 3. The Balaban J connectivity index is 1.22. The first-order chi connectivity index (χ1) is 19.6. The Labute approximate surface area is 236 Å². The van der Waals surface area contributed by atoms with E-state index in [2.05, 4.69) is 28.1 Å². The molecule has 4 aromatic rings. The lowest BCUT2D eigenvalue weighted by molar-refractivity contribution is 0.0952. The molecule has 212 valence electrons. The first-order valence-electron chi connectivity index (χ1n) is 13.8. The molecule has 0 spiro atoms. The second-order valence-electron chi connectivity index (χ2n) is 9.51. The Hall–Kier alpha value is -4.20. The van der Waals surface area contributed by atoms with Crippen LogP contribution < -0.4 is 24.3 Å². The number of fused-ring (bicyclic) bond motifs is 1. The Morgan fingerprint density at radius 2 is 1.50 bits per heavy atom. The molecule has 0 unspecified atom stereocenters. The zero-order valence-electron chi connectivity index (χ0n) is 23.7. The normalized spacial score (nSPS) is 10.9. The predicted octanol–water partition coefficient (Wildman–Crippen LogP) is 6.06. The van der Waals surface area contributed by atoms with E-state index in [0.29, 0.717) is 30.2 Å². The number of benzene rings is 3. The second-order valence-corrected chi connectivity index (χ2v) is 9.51. The summed E-state index contributed by atoms with van der Waals surface area (Å²) >= 11 is 0. The molecule has 0 radical (unpaired) electrons. The summed E-state index contributed by atoms with van der Waals surface area (Å²) in [5.74, 6) is 3.68. The van der Waals surface area contributed by atoms with Crippen molar-refractivity contribution in [2.45, 2.75) is 45.1 Å².